The average molecular weight is 521 g/mol. The summed E-state index contributed by atoms with van der Waals surface area (Å²) in [5.41, 5.74) is 2.30. The third-order valence-corrected chi connectivity index (χ3v) is 8.59. The Morgan fingerprint density at radius 3 is 1.76 bits per heavy atom. The molecule has 0 aliphatic heterocycles. The minimum atomic E-state index is 0.800. The molecule has 1 aromatic heterocycles. The van der Waals surface area contributed by atoms with E-state index in [1.807, 2.05) is 12.4 Å². The molecule has 0 atom stereocenters. The van der Waals surface area contributed by atoms with Gasteiger partial charge in [-0.2, -0.15) is 0 Å². The number of ether oxygens (including phenoxy) is 1. The lowest BCUT2D eigenvalue weighted by Gasteiger charge is -2.28. The molecule has 2 aromatic rings. The molecule has 1 saturated carbocycles. The van der Waals surface area contributed by atoms with Crippen molar-refractivity contribution in [3.63, 3.8) is 0 Å². The number of aromatic nitrogens is 2. The van der Waals surface area contributed by atoms with Gasteiger partial charge in [0.1, 0.15) is 5.75 Å². The number of benzene rings is 1. The molecule has 1 fully saturated rings. The van der Waals surface area contributed by atoms with Crippen LogP contribution in [0.2, 0.25) is 0 Å². The Morgan fingerprint density at radius 1 is 0.632 bits per heavy atom. The quantitative estimate of drug-likeness (QED) is 0.163. The van der Waals surface area contributed by atoms with Gasteiger partial charge in [-0.05, 0) is 67.3 Å². The van der Waals surface area contributed by atoms with Crippen molar-refractivity contribution in [2.75, 3.05) is 6.61 Å². The van der Waals surface area contributed by atoms with Gasteiger partial charge >= 0.3 is 0 Å². The molecule has 3 nitrogen and oxygen atoms in total. The normalized spacial score (nSPS) is 17.5. The first-order valence-corrected chi connectivity index (χ1v) is 16.3. The van der Waals surface area contributed by atoms with E-state index >= 15 is 0 Å². The molecule has 1 heterocycles. The van der Waals surface area contributed by atoms with Gasteiger partial charge in [0, 0.05) is 18.0 Å². The fourth-order valence-electron chi connectivity index (χ4n) is 6.03. The lowest BCUT2D eigenvalue weighted by atomic mass is 9.78. The van der Waals surface area contributed by atoms with Gasteiger partial charge < -0.3 is 4.74 Å². The number of aryl methyl sites for hydroxylation is 1. The Labute approximate surface area is 234 Å². The molecule has 0 amide bonds. The number of rotatable bonds is 20. The standard InChI is InChI=1S/C35H56N2O/c1-3-5-7-9-10-12-13-16-30-19-21-31(22-20-30)18-15-27-38-34-25-23-33(24-26-34)35-36-28-32(29-37-35)17-14-11-8-6-4-2/h23-26,28-31H,3-22,27H2,1-2H3/t30-,31-. The maximum absolute atomic E-state index is 6.06. The lowest BCUT2D eigenvalue weighted by molar-refractivity contribution is 0.228. The summed E-state index contributed by atoms with van der Waals surface area (Å²) in [6, 6.07) is 8.30. The SMILES string of the molecule is CCCCCCCCC[C@H]1CC[C@H](CCCOc2ccc(-c3ncc(CCCCCCC)cn3)cc2)CC1. The Morgan fingerprint density at radius 2 is 1.16 bits per heavy atom. The Balaban J connectivity index is 1.24. The van der Waals surface area contributed by atoms with E-state index in [0.29, 0.717) is 0 Å². The van der Waals surface area contributed by atoms with Crippen molar-refractivity contribution < 1.29 is 4.74 Å². The molecule has 0 bridgehead atoms. The molecule has 38 heavy (non-hydrogen) atoms. The molecule has 3 heteroatoms. The van der Waals surface area contributed by atoms with Crippen molar-refractivity contribution in [1.29, 1.82) is 0 Å². The van der Waals surface area contributed by atoms with Gasteiger partial charge in [0.15, 0.2) is 5.82 Å². The lowest BCUT2D eigenvalue weighted by Crippen LogP contribution is -2.15. The van der Waals surface area contributed by atoms with E-state index in [2.05, 4.69) is 48.1 Å². The van der Waals surface area contributed by atoms with Crippen LogP contribution < -0.4 is 4.74 Å². The highest BCUT2D eigenvalue weighted by molar-refractivity contribution is 5.55. The number of nitrogens with zero attached hydrogens (tertiary/aromatic N) is 2. The number of hydrogen-bond donors (Lipinski definition) is 0. The highest BCUT2D eigenvalue weighted by Gasteiger charge is 2.20. The van der Waals surface area contributed by atoms with Gasteiger partial charge in [-0.1, -0.05) is 117 Å². The predicted molar refractivity (Wildman–Crippen MR) is 163 cm³/mol. The third kappa shape index (κ3) is 12.3. The minimum absolute atomic E-state index is 0.800. The van der Waals surface area contributed by atoms with Gasteiger partial charge in [-0.25, -0.2) is 9.97 Å². The summed E-state index contributed by atoms with van der Waals surface area (Å²) < 4.78 is 6.06. The zero-order valence-corrected chi connectivity index (χ0v) is 24.8. The van der Waals surface area contributed by atoms with Crippen LogP contribution in [0.15, 0.2) is 36.7 Å². The van der Waals surface area contributed by atoms with Gasteiger partial charge in [0.05, 0.1) is 6.61 Å². The summed E-state index contributed by atoms with van der Waals surface area (Å²) in [5, 5.41) is 0. The summed E-state index contributed by atoms with van der Waals surface area (Å²) in [6.45, 7) is 5.38. The maximum Gasteiger partial charge on any atom is 0.159 e. The second-order valence-electron chi connectivity index (χ2n) is 11.9. The van der Waals surface area contributed by atoms with Gasteiger partial charge in [0.2, 0.25) is 0 Å². The molecule has 0 radical (unpaired) electrons. The first-order valence-electron chi connectivity index (χ1n) is 16.3. The van der Waals surface area contributed by atoms with E-state index in [9.17, 15) is 0 Å². The monoisotopic (exact) mass is 520 g/mol. The van der Waals surface area contributed by atoms with Crippen LogP contribution in [0.25, 0.3) is 11.4 Å². The van der Waals surface area contributed by atoms with Crippen LogP contribution in [0.4, 0.5) is 0 Å². The number of hydrogen-bond acceptors (Lipinski definition) is 3. The van der Waals surface area contributed by atoms with Gasteiger partial charge in [-0.15, -0.1) is 0 Å². The van der Waals surface area contributed by atoms with E-state index in [0.717, 1.165) is 48.4 Å². The summed E-state index contributed by atoms with van der Waals surface area (Å²) in [6.07, 6.45) is 31.4. The van der Waals surface area contributed by atoms with Crippen molar-refractivity contribution >= 4 is 0 Å². The molecular weight excluding hydrogens is 464 g/mol. The van der Waals surface area contributed by atoms with Crippen molar-refractivity contribution in [2.45, 2.75) is 142 Å². The van der Waals surface area contributed by atoms with Crippen LogP contribution in [0.1, 0.15) is 141 Å². The molecule has 0 saturated heterocycles. The summed E-state index contributed by atoms with van der Waals surface area (Å²) in [4.78, 5) is 9.22. The van der Waals surface area contributed by atoms with E-state index < -0.39 is 0 Å². The zero-order chi connectivity index (χ0) is 26.7. The van der Waals surface area contributed by atoms with Gasteiger partial charge in [-0.3, -0.25) is 0 Å². The van der Waals surface area contributed by atoms with Crippen LogP contribution in [-0.2, 0) is 6.42 Å². The average Bonchev–Trinajstić information content (AvgIpc) is 2.96. The molecule has 1 aromatic carbocycles. The molecule has 3 rings (SSSR count). The maximum atomic E-state index is 6.06. The molecule has 0 unspecified atom stereocenters. The molecule has 212 valence electrons. The van der Waals surface area contributed by atoms with E-state index in [-0.39, 0.29) is 0 Å². The van der Waals surface area contributed by atoms with Crippen molar-refractivity contribution in [3.8, 4) is 17.1 Å². The molecule has 0 spiro atoms. The fraction of sp³-hybridized carbons (Fsp3) is 0.714. The van der Waals surface area contributed by atoms with Crippen molar-refractivity contribution in [2.24, 2.45) is 11.8 Å². The van der Waals surface area contributed by atoms with Crippen LogP contribution >= 0.6 is 0 Å². The van der Waals surface area contributed by atoms with E-state index in [4.69, 9.17) is 4.74 Å². The van der Waals surface area contributed by atoms with Crippen LogP contribution in [0, 0.1) is 11.8 Å². The largest absolute Gasteiger partial charge is 0.494 e. The van der Waals surface area contributed by atoms with E-state index in [1.165, 1.54) is 121 Å². The van der Waals surface area contributed by atoms with Crippen LogP contribution in [0.5, 0.6) is 5.75 Å². The molecule has 0 N–H and O–H groups in total. The van der Waals surface area contributed by atoms with Crippen molar-refractivity contribution in [3.05, 3.63) is 42.2 Å². The second-order valence-corrected chi connectivity index (χ2v) is 11.9. The van der Waals surface area contributed by atoms with E-state index in [1.54, 1.807) is 0 Å². The summed E-state index contributed by atoms with van der Waals surface area (Å²) in [5.74, 6) is 3.68. The van der Waals surface area contributed by atoms with Crippen LogP contribution in [-0.4, -0.2) is 16.6 Å². The Bertz CT molecular complexity index is 824. The topological polar surface area (TPSA) is 35.0 Å². The molecule has 1 aliphatic carbocycles. The second kappa shape index (κ2) is 19.2. The Kier molecular flexibility index (Phi) is 15.5. The first-order chi connectivity index (χ1) is 18.8. The molecular formula is C35H56N2O. The summed E-state index contributed by atoms with van der Waals surface area (Å²) >= 11 is 0. The Hall–Kier alpha value is -1.90. The van der Waals surface area contributed by atoms with Gasteiger partial charge in [0.25, 0.3) is 0 Å². The summed E-state index contributed by atoms with van der Waals surface area (Å²) in [7, 11) is 0. The number of unbranched alkanes of at least 4 members (excludes halogenated alkanes) is 10. The minimum Gasteiger partial charge on any atom is -0.494 e. The highest BCUT2D eigenvalue weighted by atomic mass is 16.5. The zero-order valence-electron chi connectivity index (χ0n) is 24.8. The highest BCUT2D eigenvalue weighted by Crippen LogP contribution is 2.34. The fourth-order valence-corrected chi connectivity index (χ4v) is 6.03. The molecule has 1 aliphatic rings. The third-order valence-electron chi connectivity index (χ3n) is 8.59. The smallest absolute Gasteiger partial charge is 0.159 e. The first kappa shape index (κ1) is 30.6. The van der Waals surface area contributed by atoms with Crippen LogP contribution in [0.3, 0.4) is 0 Å². The van der Waals surface area contributed by atoms with Crippen molar-refractivity contribution in [1.82, 2.24) is 9.97 Å². The predicted octanol–water partition coefficient (Wildman–Crippen LogP) is 10.8.